The van der Waals surface area contributed by atoms with Gasteiger partial charge in [0.2, 0.25) is 0 Å². The van der Waals surface area contributed by atoms with Gasteiger partial charge in [0.1, 0.15) is 0 Å². The number of hydrogen-bond acceptors (Lipinski definition) is 4. The summed E-state index contributed by atoms with van der Waals surface area (Å²) in [7, 11) is 0. The third-order valence-electron chi connectivity index (χ3n) is 3.76. The van der Waals surface area contributed by atoms with Crippen molar-refractivity contribution in [2.75, 3.05) is 26.3 Å². The maximum absolute atomic E-state index is 11.1. The number of hydrogen-bond donors (Lipinski definition) is 2. The Kier molecular flexibility index (Phi) is 3.66. The number of nitrogens with zero attached hydrogens (tertiary/aromatic N) is 2. The topological polar surface area (TPSA) is 74.0 Å². The zero-order chi connectivity index (χ0) is 13.9. The lowest BCUT2D eigenvalue weighted by atomic mass is 10.0. The highest BCUT2D eigenvalue weighted by Gasteiger charge is 2.18. The van der Waals surface area contributed by atoms with E-state index in [2.05, 4.69) is 39.1 Å². The second-order valence-corrected chi connectivity index (χ2v) is 4.97. The Morgan fingerprint density at radius 3 is 2.55 bits per heavy atom. The fourth-order valence-electron chi connectivity index (χ4n) is 2.50. The van der Waals surface area contributed by atoms with Gasteiger partial charge in [0.25, 0.3) is 0 Å². The molecule has 0 unspecified atom stereocenters. The SMILES string of the molecule is C[C@@H](c1ccc(-c2n[nH]c(=O)[nH]2)cc1)N1CCOCC1. The highest BCUT2D eigenvalue weighted by Crippen LogP contribution is 2.23. The van der Waals surface area contributed by atoms with Gasteiger partial charge in [0.05, 0.1) is 13.2 Å². The molecule has 2 heterocycles. The fraction of sp³-hybridized carbons (Fsp3) is 0.429. The quantitative estimate of drug-likeness (QED) is 0.880. The van der Waals surface area contributed by atoms with Crippen LogP contribution in [0.15, 0.2) is 29.1 Å². The zero-order valence-corrected chi connectivity index (χ0v) is 11.4. The molecule has 0 amide bonds. The van der Waals surface area contributed by atoms with Crippen molar-refractivity contribution in [3.63, 3.8) is 0 Å². The first-order valence-corrected chi connectivity index (χ1v) is 6.81. The highest BCUT2D eigenvalue weighted by atomic mass is 16.5. The molecule has 0 saturated carbocycles. The van der Waals surface area contributed by atoms with Gasteiger partial charge in [-0.3, -0.25) is 9.88 Å². The van der Waals surface area contributed by atoms with E-state index in [1.165, 1.54) is 5.56 Å². The second-order valence-electron chi connectivity index (χ2n) is 4.97. The van der Waals surface area contributed by atoms with Crippen molar-refractivity contribution >= 4 is 0 Å². The van der Waals surface area contributed by atoms with E-state index in [4.69, 9.17) is 4.74 Å². The molecule has 2 aromatic rings. The molecular weight excluding hydrogens is 256 g/mol. The van der Waals surface area contributed by atoms with Crippen LogP contribution < -0.4 is 5.69 Å². The summed E-state index contributed by atoms with van der Waals surface area (Å²) in [5, 5.41) is 6.30. The Labute approximate surface area is 116 Å². The van der Waals surface area contributed by atoms with Crippen LogP contribution in [-0.2, 0) is 4.74 Å². The molecule has 1 aliphatic heterocycles. The average molecular weight is 274 g/mol. The molecule has 1 aromatic heterocycles. The average Bonchev–Trinajstić information content (AvgIpc) is 2.94. The minimum atomic E-state index is -0.286. The molecule has 1 saturated heterocycles. The molecule has 20 heavy (non-hydrogen) atoms. The maximum Gasteiger partial charge on any atom is 0.340 e. The predicted octanol–water partition coefficient (Wildman–Crippen LogP) is 1.16. The summed E-state index contributed by atoms with van der Waals surface area (Å²) in [6.45, 7) is 5.75. The third-order valence-corrected chi connectivity index (χ3v) is 3.76. The molecule has 1 aliphatic rings. The number of ether oxygens (including phenoxy) is 1. The van der Waals surface area contributed by atoms with Gasteiger partial charge in [-0.2, -0.15) is 5.10 Å². The van der Waals surface area contributed by atoms with E-state index >= 15 is 0 Å². The molecule has 6 heteroatoms. The van der Waals surface area contributed by atoms with E-state index < -0.39 is 0 Å². The molecule has 0 aliphatic carbocycles. The molecule has 6 nitrogen and oxygen atoms in total. The van der Waals surface area contributed by atoms with Crippen molar-refractivity contribution in [1.29, 1.82) is 0 Å². The van der Waals surface area contributed by atoms with E-state index in [1.807, 2.05) is 12.1 Å². The van der Waals surface area contributed by atoms with E-state index in [1.54, 1.807) is 0 Å². The van der Waals surface area contributed by atoms with Gasteiger partial charge in [0, 0.05) is 24.7 Å². The summed E-state index contributed by atoms with van der Waals surface area (Å²) in [5.74, 6) is 0.570. The van der Waals surface area contributed by atoms with Crippen LogP contribution >= 0.6 is 0 Å². The van der Waals surface area contributed by atoms with Gasteiger partial charge in [-0.1, -0.05) is 24.3 Å². The summed E-state index contributed by atoms with van der Waals surface area (Å²) < 4.78 is 5.38. The molecule has 1 fully saturated rings. The number of morpholine rings is 1. The van der Waals surface area contributed by atoms with Crippen molar-refractivity contribution in [2.45, 2.75) is 13.0 Å². The molecule has 0 radical (unpaired) electrons. The molecule has 0 bridgehead atoms. The van der Waals surface area contributed by atoms with E-state index in [-0.39, 0.29) is 5.69 Å². The van der Waals surface area contributed by atoms with E-state index in [0.29, 0.717) is 11.9 Å². The number of aromatic nitrogens is 3. The first-order valence-electron chi connectivity index (χ1n) is 6.81. The molecule has 0 spiro atoms. The second kappa shape index (κ2) is 5.60. The molecule has 3 rings (SSSR count). The van der Waals surface area contributed by atoms with Crippen LogP contribution in [0.4, 0.5) is 0 Å². The summed E-state index contributed by atoms with van der Waals surface area (Å²) in [5.41, 5.74) is 1.88. The van der Waals surface area contributed by atoms with Gasteiger partial charge < -0.3 is 4.74 Å². The van der Waals surface area contributed by atoms with Crippen LogP contribution in [0.2, 0.25) is 0 Å². The molecule has 1 aromatic carbocycles. The minimum Gasteiger partial charge on any atom is -0.379 e. The summed E-state index contributed by atoms with van der Waals surface area (Å²) in [6, 6.07) is 8.51. The number of rotatable bonds is 3. The largest absolute Gasteiger partial charge is 0.379 e. The minimum absolute atomic E-state index is 0.286. The number of nitrogens with one attached hydrogen (secondary N) is 2. The van der Waals surface area contributed by atoms with Crippen molar-refractivity contribution in [2.24, 2.45) is 0 Å². The number of aromatic amines is 2. The smallest absolute Gasteiger partial charge is 0.340 e. The monoisotopic (exact) mass is 274 g/mol. The lowest BCUT2D eigenvalue weighted by Crippen LogP contribution is -2.37. The van der Waals surface area contributed by atoms with Gasteiger partial charge >= 0.3 is 5.69 Å². The summed E-state index contributed by atoms with van der Waals surface area (Å²) >= 11 is 0. The zero-order valence-electron chi connectivity index (χ0n) is 11.4. The standard InChI is InChI=1S/C14H18N4O2/c1-10(18-6-8-20-9-7-18)11-2-4-12(5-3-11)13-15-14(19)17-16-13/h2-5,10H,6-9H2,1H3,(H2,15,16,17,19)/t10-/m0/s1. The van der Waals surface area contributed by atoms with Crippen LogP contribution in [0, 0.1) is 0 Å². The molecule has 106 valence electrons. The maximum atomic E-state index is 11.1. The van der Waals surface area contributed by atoms with Crippen LogP contribution in [0.3, 0.4) is 0 Å². The van der Waals surface area contributed by atoms with Crippen molar-refractivity contribution < 1.29 is 4.74 Å². The summed E-state index contributed by atoms with van der Waals surface area (Å²) in [6.07, 6.45) is 0. The van der Waals surface area contributed by atoms with Crippen molar-refractivity contribution in [3.05, 3.63) is 40.3 Å². The lowest BCUT2D eigenvalue weighted by molar-refractivity contribution is 0.0198. The molecular formula is C14H18N4O2. The fourth-order valence-corrected chi connectivity index (χ4v) is 2.50. The highest BCUT2D eigenvalue weighted by molar-refractivity contribution is 5.54. The Morgan fingerprint density at radius 2 is 1.95 bits per heavy atom. The predicted molar refractivity (Wildman–Crippen MR) is 75.5 cm³/mol. The Bertz CT molecular complexity index is 611. The van der Waals surface area contributed by atoms with Gasteiger partial charge in [-0.15, -0.1) is 0 Å². The van der Waals surface area contributed by atoms with E-state index in [0.717, 1.165) is 31.9 Å². The Balaban J connectivity index is 1.76. The van der Waals surface area contributed by atoms with Crippen LogP contribution in [-0.4, -0.2) is 46.4 Å². The van der Waals surface area contributed by atoms with Crippen LogP contribution in [0.5, 0.6) is 0 Å². The third kappa shape index (κ3) is 2.66. The Hall–Kier alpha value is -1.92. The van der Waals surface area contributed by atoms with Crippen molar-refractivity contribution in [3.8, 4) is 11.4 Å². The normalized spacial score (nSPS) is 18.1. The summed E-state index contributed by atoms with van der Waals surface area (Å²) in [4.78, 5) is 16.1. The van der Waals surface area contributed by atoms with Gasteiger partial charge in [-0.05, 0) is 12.5 Å². The first-order chi connectivity index (χ1) is 9.74. The molecule has 2 N–H and O–H groups in total. The van der Waals surface area contributed by atoms with Crippen molar-refractivity contribution in [1.82, 2.24) is 20.1 Å². The van der Waals surface area contributed by atoms with Gasteiger partial charge in [0.15, 0.2) is 5.82 Å². The van der Waals surface area contributed by atoms with E-state index in [9.17, 15) is 4.79 Å². The number of benzene rings is 1. The lowest BCUT2D eigenvalue weighted by Gasteiger charge is -2.32. The first kappa shape index (κ1) is 13.1. The van der Waals surface area contributed by atoms with Gasteiger partial charge in [-0.25, -0.2) is 9.89 Å². The van der Waals surface area contributed by atoms with Crippen LogP contribution in [0.25, 0.3) is 11.4 Å². The van der Waals surface area contributed by atoms with Crippen LogP contribution in [0.1, 0.15) is 18.5 Å². The number of H-pyrrole nitrogens is 2. The molecule has 1 atom stereocenters. The Morgan fingerprint density at radius 1 is 1.25 bits per heavy atom.